The van der Waals surface area contributed by atoms with E-state index in [0.717, 1.165) is 15.8 Å². The molecule has 1 rings (SSSR count). The fourth-order valence-electron chi connectivity index (χ4n) is 1.41. The second-order valence-corrected chi connectivity index (χ2v) is 5.15. The molecule has 1 aromatic carbocycles. The number of hydrogen-bond donors (Lipinski definition) is 1. The van der Waals surface area contributed by atoms with E-state index in [1.54, 1.807) is 7.11 Å². The van der Waals surface area contributed by atoms with Crippen molar-refractivity contribution in [2.75, 3.05) is 13.7 Å². The Kier molecular flexibility index (Phi) is 6.22. The topological polar surface area (TPSA) is 38.3 Å². The van der Waals surface area contributed by atoms with Crippen LogP contribution in [0.25, 0.3) is 0 Å². The van der Waals surface area contributed by atoms with Gasteiger partial charge in [-0.05, 0) is 40.0 Å². The molecule has 1 aromatic rings. The van der Waals surface area contributed by atoms with E-state index in [4.69, 9.17) is 16.3 Å². The molecule has 3 nitrogen and oxygen atoms in total. The van der Waals surface area contributed by atoms with E-state index >= 15 is 0 Å². The molecule has 0 atom stereocenters. The second kappa shape index (κ2) is 7.44. The van der Waals surface area contributed by atoms with Crippen LogP contribution in [-0.2, 0) is 11.2 Å². The largest absolute Gasteiger partial charge is 0.496 e. The first-order valence-corrected chi connectivity index (χ1v) is 6.62. The van der Waals surface area contributed by atoms with Crippen molar-refractivity contribution in [1.82, 2.24) is 5.32 Å². The monoisotopic (exact) mass is 331 g/mol. The van der Waals surface area contributed by atoms with Gasteiger partial charge in [0, 0.05) is 11.5 Å². The average Bonchev–Trinajstić information content (AvgIpc) is 2.34. The summed E-state index contributed by atoms with van der Waals surface area (Å²) in [4.78, 5) is 11.5. The van der Waals surface area contributed by atoms with E-state index < -0.39 is 0 Å². The van der Waals surface area contributed by atoms with E-state index in [9.17, 15) is 4.79 Å². The summed E-state index contributed by atoms with van der Waals surface area (Å²) in [6.45, 7) is 3.82. The highest BCUT2D eigenvalue weighted by Crippen LogP contribution is 2.25. The summed E-state index contributed by atoms with van der Waals surface area (Å²) >= 11 is 8.97. The summed E-state index contributed by atoms with van der Waals surface area (Å²) in [6, 6.07) is 5.77. The van der Waals surface area contributed by atoms with Crippen LogP contribution in [0.4, 0.5) is 0 Å². The number of methoxy groups -OCH3 is 1. The average molecular weight is 333 g/mol. The molecule has 0 aliphatic carbocycles. The summed E-state index contributed by atoms with van der Waals surface area (Å²) in [5.74, 6) is 0.741. The third-order valence-electron chi connectivity index (χ3n) is 2.33. The molecular weight excluding hydrogens is 318 g/mol. The number of hydrogen-bond acceptors (Lipinski definition) is 2. The minimum atomic E-state index is -0.0382. The third kappa shape index (κ3) is 5.10. The molecule has 0 saturated heterocycles. The van der Waals surface area contributed by atoms with Gasteiger partial charge < -0.3 is 10.1 Å². The smallest absolute Gasteiger partial charge is 0.220 e. The van der Waals surface area contributed by atoms with Gasteiger partial charge in [-0.2, -0.15) is 0 Å². The standard InChI is InChI=1S/C13H15BrClNO2/c1-9(15)8-16-13(17)6-4-10-3-5-12(18-2)11(14)7-10/h3,5,7H,1,4,6,8H2,2H3,(H,16,17). The molecule has 98 valence electrons. The lowest BCUT2D eigenvalue weighted by molar-refractivity contribution is -0.120. The van der Waals surface area contributed by atoms with Crippen molar-refractivity contribution < 1.29 is 9.53 Å². The van der Waals surface area contributed by atoms with Crippen molar-refractivity contribution in [3.63, 3.8) is 0 Å². The van der Waals surface area contributed by atoms with Crippen LogP contribution in [0.3, 0.4) is 0 Å². The highest BCUT2D eigenvalue weighted by atomic mass is 79.9. The van der Waals surface area contributed by atoms with Gasteiger partial charge in [-0.15, -0.1) is 0 Å². The van der Waals surface area contributed by atoms with Gasteiger partial charge in [-0.25, -0.2) is 0 Å². The maximum atomic E-state index is 11.5. The third-order valence-corrected chi connectivity index (χ3v) is 3.09. The Labute approximate surface area is 120 Å². The van der Waals surface area contributed by atoms with Crippen LogP contribution < -0.4 is 10.1 Å². The number of rotatable bonds is 6. The fraction of sp³-hybridized carbons (Fsp3) is 0.308. The lowest BCUT2D eigenvalue weighted by atomic mass is 10.1. The zero-order valence-corrected chi connectivity index (χ0v) is 12.5. The molecule has 0 heterocycles. The van der Waals surface area contributed by atoms with Crippen molar-refractivity contribution in [1.29, 1.82) is 0 Å². The van der Waals surface area contributed by atoms with E-state index in [1.807, 2.05) is 18.2 Å². The van der Waals surface area contributed by atoms with Crippen molar-refractivity contribution >= 4 is 33.4 Å². The zero-order valence-electron chi connectivity index (χ0n) is 10.1. The highest BCUT2D eigenvalue weighted by Gasteiger charge is 2.05. The number of aryl methyl sites for hydroxylation is 1. The van der Waals surface area contributed by atoms with Crippen LogP contribution in [0, 0.1) is 0 Å². The molecule has 0 saturated carbocycles. The van der Waals surface area contributed by atoms with E-state index in [2.05, 4.69) is 27.8 Å². The number of amides is 1. The molecule has 0 aliphatic heterocycles. The van der Waals surface area contributed by atoms with E-state index in [0.29, 0.717) is 24.4 Å². The summed E-state index contributed by atoms with van der Waals surface area (Å²) in [6.07, 6.45) is 1.09. The van der Waals surface area contributed by atoms with Crippen molar-refractivity contribution in [3.8, 4) is 5.75 Å². The molecule has 0 unspecified atom stereocenters. The Bertz CT molecular complexity index is 449. The van der Waals surface area contributed by atoms with Gasteiger partial charge in [-0.3, -0.25) is 4.79 Å². The summed E-state index contributed by atoms with van der Waals surface area (Å²) in [5, 5.41) is 3.11. The Morgan fingerprint density at radius 1 is 1.56 bits per heavy atom. The molecule has 18 heavy (non-hydrogen) atoms. The van der Waals surface area contributed by atoms with E-state index in [-0.39, 0.29) is 5.91 Å². The normalized spacial score (nSPS) is 9.94. The number of carbonyl (C=O) groups excluding carboxylic acids is 1. The number of halogens is 2. The molecule has 1 amide bonds. The number of benzene rings is 1. The molecule has 0 aliphatic rings. The Morgan fingerprint density at radius 2 is 2.28 bits per heavy atom. The van der Waals surface area contributed by atoms with Crippen LogP contribution in [0.15, 0.2) is 34.3 Å². The lowest BCUT2D eigenvalue weighted by Crippen LogP contribution is -2.24. The molecule has 1 N–H and O–H groups in total. The molecule has 0 fully saturated rings. The quantitative estimate of drug-likeness (QED) is 0.868. The van der Waals surface area contributed by atoms with Gasteiger partial charge in [0.1, 0.15) is 5.75 Å². The van der Waals surface area contributed by atoms with Crippen LogP contribution in [0.1, 0.15) is 12.0 Å². The van der Waals surface area contributed by atoms with Crippen LogP contribution >= 0.6 is 27.5 Å². The maximum absolute atomic E-state index is 11.5. The van der Waals surface area contributed by atoms with Gasteiger partial charge in [0.05, 0.1) is 18.1 Å². The summed E-state index contributed by atoms with van der Waals surface area (Å²) < 4.78 is 6.03. The zero-order chi connectivity index (χ0) is 13.5. The van der Waals surface area contributed by atoms with Gasteiger partial charge >= 0.3 is 0 Å². The van der Waals surface area contributed by atoms with Gasteiger partial charge in [0.2, 0.25) is 5.91 Å². The SMILES string of the molecule is C=C(Cl)CNC(=O)CCc1ccc(OC)c(Br)c1. The van der Waals surface area contributed by atoms with Gasteiger partial charge in [0.15, 0.2) is 0 Å². The van der Waals surface area contributed by atoms with Crippen molar-refractivity contribution in [2.24, 2.45) is 0 Å². The first kappa shape index (κ1) is 15.1. The molecule has 5 heteroatoms. The van der Waals surface area contributed by atoms with Crippen LogP contribution in [0.2, 0.25) is 0 Å². The highest BCUT2D eigenvalue weighted by molar-refractivity contribution is 9.10. The van der Waals surface area contributed by atoms with Gasteiger partial charge in [0.25, 0.3) is 0 Å². The molecule has 0 spiro atoms. The molecule has 0 radical (unpaired) electrons. The molecule has 0 bridgehead atoms. The Morgan fingerprint density at radius 3 is 2.83 bits per heavy atom. The van der Waals surface area contributed by atoms with Crippen LogP contribution in [0.5, 0.6) is 5.75 Å². The number of nitrogens with one attached hydrogen (secondary N) is 1. The van der Waals surface area contributed by atoms with Crippen molar-refractivity contribution in [2.45, 2.75) is 12.8 Å². The van der Waals surface area contributed by atoms with Crippen LogP contribution in [-0.4, -0.2) is 19.6 Å². The first-order chi connectivity index (χ1) is 8.52. The second-order valence-electron chi connectivity index (χ2n) is 3.76. The minimum absolute atomic E-state index is 0.0382. The summed E-state index contributed by atoms with van der Waals surface area (Å²) in [7, 11) is 1.62. The van der Waals surface area contributed by atoms with E-state index in [1.165, 1.54) is 0 Å². The molecule has 0 aromatic heterocycles. The number of carbonyl (C=O) groups is 1. The lowest BCUT2D eigenvalue weighted by Gasteiger charge is -2.07. The minimum Gasteiger partial charge on any atom is -0.496 e. The first-order valence-electron chi connectivity index (χ1n) is 5.45. The predicted octanol–water partition coefficient (Wildman–Crippen LogP) is 3.26. The summed E-state index contributed by atoms with van der Waals surface area (Å²) in [5.41, 5.74) is 1.07. The van der Waals surface area contributed by atoms with Crippen molar-refractivity contribution in [3.05, 3.63) is 39.8 Å². The number of ether oxygens (including phenoxy) is 1. The maximum Gasteiger partial charge on any atom is 0.220 e. The molecular formula is C13H15BrClNO2. The predicted molar refractivity (Wildman–Crippen MR) is 77.0 cm³/mol. The Hall–Kier alpha value is -1.00. The van der Waals surface area contributed by atoms with Gasteiger partial charge in [-0.1, -0.05) is 24.2 Å². The Balaban J connectivity index is 2.46. The fourth-order valence-corrected chi connectivity index (χ4v) is 2.06.